The van der Waals surface area contributed by atoms with Gasteiger partial charge >= 0.3 is 0 Å². The highest BCUT2D eigenvalue weighted by molar-refractivity contribution is 7.86. The van der Waals surface area contributed by atoms with Crippen molar-refractivity contribution < 1.29 is 30.2 Å². The molecule has 0 saturated carbocycles. The van der Waals surface area contributed by atoms with Crippen molar-refractivity contribution in [2.45, 2.75) is 26.7 Å². The van der Waals surface area contributed by atoms with Crippen LogP contribution in [0, 0.1) is 0 Å². The number of hydrogen-bond donors (Lipinski definition) is 0. The van der Waals surface area contributed by atoms with Crippen LogP contribution in [0.15, 0.2) is 0 Å². The van der Waals surface area contributed by atoms with Crippen LogP contribution in [0.1, 0.15) is 26.7 Å². The third-order valence-corrected chi connectivity index (χ3v) is 4.14. The zero-order valence-corrected chi connectivity index (χ0v) is 11.5. The molecule has 0 heterocycles. The molecule has 0 aliphatic heterocycles. The number of rotatable bonds is 10. The lowest BCUT2D eigenvalue weighted by atomic mass is 10.6. The van der Waals surface area contributed by atoms with Crippen molar-refractivity contribution >= 4 is 20.2 Å². The second kappa shape index (κ2) is 7.98. The van der Waals surface area contributed by atoms with Crippen LogP contribution in [0.25, 0.3) is 0 Å². The minimum Gasteiger partial charge on any atom is -0.268 e. The summed E-state index contributed by atoms with van der Waals surface area (Å²) in [7, 11) is -7.23. The molecule has 0 aromatic carbocycles. The average molecular weight is 290 g/mol. The van der Waals surface area contributed by atoms with E-state index in [4.69, 9.17) is 0 Å². The van der Waals surface area contributed by atoms with Crippen LogP contribution in [-0.4, -0.2) is 41.6 Å². The molecule has 0 fully saturated rings. The lowest BCUT2D eigenvalue weighted by molar-refractivity contribution is -0.205. The number of hydrogen-bond acceptors (Lipinski definition) is 7. The Kier molecular flexibility index (Phi) is 7.88. The summed E-state index contributed by atoms with van der Waals surface area (Å²) in [5.74, 6) is -0.232. The standard InChI is InChI=1S/C8H18O7S2/c1-3-7-16(9,10)14-6-5-13-15-17(11,12)8-4-2/h3-8H2,1-2H3. The normalized spacial score (nSPS) is 12.8. The van der Waals surface area contributed by atoms with Crippen LogP contribution in [0.4, 0.5) is 0 Å². The summed E-state index contributed by atoms with van der Waals surface area (Å²) in [4.78, 5) is 4.35. The van der Waals surface area contributed by atoms with E-state index in [-0.39, 0.29) is 24.7 Å². The Morgan fingerprint density at radius 2 is 1.35 bits per heavy atom. The topological polar surface area (TPSA) is 96.0 Å². The van der Waals surface area contributed by atoms with Gasteiger partial charge in [0.05, 0.1) is 18.1 Å². The molecule has 0 aliphatic rings. The summed E-state index contributed by atoms with van der Waals surface area (Å²) in [5.41, 5.74) is 0. The van der Waals surface area contributed by atoms with Gasteiger partial charge in [-0.05, 0) is 12.8 Å². The highest BCUT2D eigenvalue weighted by Gasteiger charge is 2.12. The van der Waals surface area contributed by atoms with Crippen molar-refractivity contribution in [2.75, 3.05) is 24.7 Å². The first-order chi connectivity index (χ1) is 7.83. The predicted molar refractivity (Wildman–Crippen MR) is 61.1 cm³/mol. The first-order valence-corrected chi connectivity index (χ1v) is 8.39. The Labute approximate surface area is 102 Å². The van der Waals surface area contributed by atoms with Gasteiger partial charge in [-0.3, -0.25) is 4.18 Å². The van der Waals surface area contributed by atoms with E-state index in [0.29, 0.717) is 12.8 Å². The fourth-order valence-electron chi connectivity index (χ4n) is 0.895. The minimum absolute atomic E-state index is 0.0814. The third-order valence-electron chi connectivity index (χ3n) is 1.49. The molecule has 0 aromatic heterocycles. The summed E-state index contributed by atoms with van der Waals surface area (Å²) in [5, 5.41) is 0. The summed E-state index contributed by atoms with van der Waals surface area (Å²) in [6, 6.07) is 0. The van der Waals surface area contributed by atoms with Gasteiger partial charge in [-0.25, -0.2) is 4.89 Å². The molecule has 0 unspecified atom stereocenters. The van der Waals surface area contributed by atoms with E-state index < -0.39 is 20.2 Å². The molecule has 0 bridgehead atoms. The van der Waals surface area contributed by atoms with Gasteiger partial charge in [0.1, 0.15) is 6.61 Å². The molecule has 0 aliphatic carbocycles. The van der Waals surface area contributed by atoms with Crippen molar-refractivity contribution in [3.05, 3.63) is 0 Å². The first-order valence-electron chi connectivity index (χ1n) is 5.24. The Morgan fingerprint density at radius 1 is 0.824 bits per heavy atom. The summed E-state index contributed by atoms with van der Waals surface area (Å²) >= 11 is 0. The van der Waals surface area contributed by atoms with Gasteiger partial charge in [0.15, 0.2) is 0 Å². The third kappa shape index (κ3) is 9.48. The van der Waals surface area contributed by atoms with Crippen molar-refractivity contribution in [1.29, 1.82) is 0 Å². The van der Waals surface area contributed by atoms with Crippen molar-refractivity contribution in [1.82, 2.24) is 0 Å². The molecular formula is C8H18O7S2. The smallest absolute Gasteiger partial charge is 0.268 e. The Balaban J connectivity index is 3.74. The fraction of sp³-hybridized carbons (Fsp3) is 1.00. The van der Waals surface area contributed by atoms with Crippen LogP contribution >= 0.6 is 0 Å². The molecule has 0 spiro atoms. The molecule has 0 saturated heterocycles. The van der Waals surface area contributed by atoms with Gasteiger partial charge in [-0.1, -0.05) is 13.8 Å². The van der Waals surface area contributed by atoms with E-state index in [1.54, 1.807) is 13.8 Å². The molecule has 0 aromatic rings. The van der Waals surface area contributed by atoms with E-state index in [1.807, 2.05) is 0 Å². The molecule has 104 valence electrons. The zero-order valence-electron chi connectivity index (χ0n) is 9.92. The van der Waals surface area contributed by atoms with Crippen molar-refractivity contribution in [3.8, 4) is 0 Å². The molecule has 0 rings (SSSR count). The van der Waals surface area contributed by atoms with Crippen LogP contribution in [0.3, 0.4) is 0 Å². The molecule has 7 nitrogen and oxygen atoms in total. The molecule has 0 N–H and O–H groups in total. The molecule has 0 atom stereocenters. The quantitative estimate of drug-likeness (QED) is 0.249. The van der Waals surface area contributed by atoms with Gasteiger partial charge in [-0.15, -0.1) is 4.33 Å². The van der Waals surface area contributed by atoms with Gasteiger partial charge in [0.2, 0.25) is 0 Å². The first kappa shape index (κ1) is 16.8. The van der Waals surface area contributed by atoms with Crippen LogP contribution < -0.4 is 0 Å². The van der Waals surface area contributed by atoms with E-state index in [1.165, 1.54) is 0 Å². The average Bonchev–Trinajstić information content (AvgIpc) is 2.16. The van der Waals surface area contributed by atoms with Crippen LogP contribution in [-0.2, 0) is 33.6 Å². The largest absolute Gasteiger partial charge is 0.293 e. The lowest BCUT2D eigenvalue weighted by Gasteiger charge is -2.05. The lowest BCUT2D eigenvalue weighted by Crippen LogP contribution is -2.16. The molecular weight excluding hydrogens is 272 g/mol. The molecule has 0 amide bonds. The fourth-order valence-corrected chi connectivity index (χ4v) is 2.62. The predicted octanol–water partition coefficient (Wildman–Crippen LogP) is 0.431. The highest BCUT2D eigenvalue weighted by Crippen LogP contribution is 1.99. The van der Waals surface area contributed by atoms with E-state index in [9.17, 15) is 16.8 Å². The Hall–Kier alpha value is -0.220. The summed E-state index contributed by atoms with van der Waals surface area (Å²) < 4.78 is 52.7. The monoisotopic (exact) mass is 290 g/mol. The maximum atomic E-state index is 11.1. The summed E-state index contributed by atoms with van der Waals surface area (Å²) in [6.45, 7) is 2.84. The van der Waals surface area contributed by atoms with Crippen LogP contribution in [0.5, 0.6) is 0 Å². The van der Waals surface area contributed by atoms with E-state index in [2.05, 4.69) is 13.4 Å². The van der Waals surface area contributed by atoms with E-state index >= 15 is 0 Å². The van der Waals surface area contributed by atoms with Crippen LogP contribution in [0.2, 0.25) is 0 Å². The maximum absolute atomic E-state index is 11.1. The van der Waals surface area contributed by atoms with E-state index in [0.717, 1.165) is 0 Å². The van der Waals surface area contributed by atoms with Crippen molar-refractivity contribution in [3.63, 3.8) is 0 Å². The maximum Gasteiger partial charge on any atom is 0.293 e. The molecule has 0 radical (unpaired) electrons. The van der Waals surface area contributed by atoms with Gasteiger partial charge < -0.3 is 0 Å². The molecule has 17 heavy (non-hydrogen) atoms. The van der Waals surface area contributed by atoms with Gasteiger partial charge in [0.25, 0.3) is 20.2 Å². The Morgan fingerprint density at radius 3 is 1.88 bits per heavy atom. The minimum atomic E-state index is -3.69. The SMILES string of the molecule is CCCS(=O)(=O)OCCOOS(=O)(=O)CCC. The van der Waals surface area contributed by atoms with Crippen molar-refractivity contribution in [2.24, 2.45) is 0 Å². The second-order valence-electron chi connectivity index (χ2n) is 3.24. The van der Waals surface area contributed by atoms with Gasteiger partial charge in [0, 0.05) is 0 Å². The summed E-state index contributed by atoms with van der Waals surface area (Å²) in [6.07, 6.45) is 0.859. The molecule has 9 heteroatoms. The highest BCUT2D eigenvalue weighted by atomic mass is 32.2. The van der Waals surface area contributed by atoms with Gasteiger partial charge in [-0.2, -0.15) is 16.8 Å². The zero-order chi connectivity index (χ0) is 13.4. The Bertz CT molecular complexity index is 346. The second-order valence-corrected chi connectivity index (χ2v) is 6.65.